The normalized spacial score (nSPS) is 11.8. The van der Waals surface area contributed by atoms with E-state index in [0.717, 1.165) is 16.9 Å². The molecule has 2 aromatic carbocycles. The third-order valence-corrected chi connectivity index (χ3v) is 5.30. The van der Waals surface area contributed by atoms with Gasteiger partial charge in [0.2, 0.25) is 0 Å². The van der Waals surface area contributed by atoms with Crippen molar-refractivity contribution >= 4 is 17.7 Å². The van der Waals surface area contributed by atoms with Gasteiger partial charge in [0.25, 0.3) is 0 Å². The number of methoxy groups -OCH3 is 1. The van der Waals surface area contributed by atoms with E-state index in [2.05, 4.69) is 10.2 Å². The summed E-state index contributed by atoms with van der Waals surface area (Å²) >= 11 is 1.33. The molecule has 0 fully saturated rings. The number of benzene rings is 2. The summed E-state index contributed by atoms with van der Waals surface area (Å²) in [5, 5.41) is 8.88. The highest BCUT2D eigenvalue weighted by atomic mass is 32.2. The minimum atomic E-state index is -0.381. The number of thioether (sulfide) groups is 1. The molecule has 0 saturated heterocycles. The van der Waals surface area contributed by atoms with E-state index in [0.29, 0.717) is 17.5 Å². The van der Waals surface area contributed by atoms with Crippen molar-refractivity contribution in [3.05, 3.63) is 71.5 Å². The zero-order valence-corrected chi connectivity index (χ0v) is 17.0. The Labute approximate surface area is 168 Å². The lowest BCUT2D eigenvalue weighted by molar-refractivity contribution is -0.139. The lowest BCUT2D eigenvalue weighted by atomic mass is 10.2. The standard InChI is InChI=1S/C21H23N3O3S/c1-15-9-7-8-12-18(15)27-14-19-22-23-21(28-16(2)20(25)26-3)24(19)13-17-10-5-4-6-11-17/h4-12,16H,13-14H2,1-3H3. The molecule has 1 aromatic heterocycles. The Balaban J connectivity index is 1.84. The summed E-state index contributed by atoms with van der Waals surface area (Å²) in [5.41, 5.74) is 2.18. The van der Waals surface area contributed by atoms with E-state index in [1.54, 1.807) is 6.92 Å². The molecule has 6 nitrogen and oxygen atoms in total. The SMILES string of the molecule is COC(=O)C(C)Sc1nnc(COc2ccccc2C)n1Cc1ccccc1. The van der Waals surface area contributed by atoms with Crippen LogP contribution < -0.4 is 4.74 Å². The average Bonchev–Trinajstić information content (AvgIpc) is 3.08. The number of hydrogen-bond acceptors (Lipinski definition) is 6. The van der Waals surface area contributed by atoms with Gasteiger partial charge < -0.3 is 9.47 Å². The molecule has 0 aliphatic rings. The third kappa shape index (κ3) is 4.92. The largest absolute Gasteiger partial charge is 0.485 e. The number of esters is 1. The van der Waals surface area contributed by atoms with Gasteiger partial charge in [-0.3, -0.25) is 9.36 Å². The van der Waals surface area contributed by atoms with Crippen molar-refractivity contribution in [1.29, 1.82) is 0 Å². The second-order valence-electron chi connectivity index (χ2n) is 6.31. The Bertz CT molecular complexity index is 928. The van der Waals surface area contributed by atoms with Crippen LogP contribution in [0.3, 0.4) is 0 Å². The highest BCUT2D eigenvalue weighted by Gasteiger charge is 2.21. The Morgan fingerprint density at radius 1 is 1.11 bits per heavy atom. The molecular weight excluding hydrogens is 374 g/mol. The van der Waals surface area contributed by atoms with Crippen LogP contribution in [-0.4, -0.2) is 33.1 Å². The van der Waals surface area contributed by atoms with Gasteiger partial charge in [0, 0.05) is 0 Å². The van der Waals surface area contributed by atoms with Gasteiger partial charge in [-0.05, 0) is 31.0 Å². The van der Waals surface area contributed by atoms with Crippen LogP contribution in [0.1, 0.15) is 23.9 Å². The van der Waals surface area contributed by atoms with Gasteiger partial charge in [-0.15, -0.1) is 10.2 Å². The number of hydrogen-bond donors (Lipinski definition) is 0. The van der Waals surface area contributed by atoms with Crippen molar-refractivity contribution < 1.29 is 14.3 Å². The van der Waals surface area contributed by atoms with Crippen LogP contribution in [0.2, 0.25) is 0 Å². The molecule has 0 aliphatic carbocycles. The summed E-state index contributed by atoms with van der Waals surface area (Å²) < 4.78 is 12.8. The van der Waals surface area contributed by atoms with Crippen LogP contribution >= 0.6 is 11.8 Å². The Kier molecular flexibility index (Phi) is 6.71. The monoisotopic (exact) mass is 397 g/mol. The Hall–Kier alpha value is -2.80. The Morgan fingerprint density at radius 2 is 1.82 bits per heavy atom. The topological polar surface area (TPSA) is 66.2 Å². The van der Waals surface area contributed by atoms with Gasteiger partial charge in [0.05, 0.1) is 13.7 Å². The molecule has 3 aromatic rings. The molecule has 0 aliphatic heterocycles. The van der Waals surface area contributed by atoms with E-state index in [9.17, 15) is 4.79 Å². The summed E-state index contributed by atoms with van der Waals surface area (Å²) in [5.74, 6) is 1.22. The fourth-order valence-corrected chi connectivity index (χ4v) is 3.56. The number of nitrogens with zero attached hydrogens (tertiary/aromatic N) is 3. The van der Waals surface area contributed by atoms with Crippen molar-refractivity contribution in [1.82, 2.24) is 14.8 Å². The first-order valence-electron chi connectivity index (χ1n) is 8.97. The van der Waals surface area contributed by atoms with Crippen LogP contribution in [0, 0.1) is 6.92 Å². The van der Waals surface area contributed by atoms with Crippen LogP contribution in [0.5, 0.6) is 5.75 Å². The number of aryl methyl sites for hydroxylation is 1. The predicted octanol–water partition coefficient (Wildman–Crippen LogP) is 3.87. The van der Waals surface area contributed by atoms with Crippen molar-refractivity contribution in [3.8, 4) is 5.75 Å². The molecule has 0 radical (unpaired) electrons. The van der Waals surface area contributed by atoms with E-state index >= 15 is 0 Å². The van der Waals surface area contributed by atoms with E-state index in [-0.39, 0.29) is 17.8 Å². The molecule has 28 heavy (non-hydrogen) atoms. The van der Waals surface area contributed by atoms with Gasteiger partial charge in [-0.25, -0.2) is 0 Å². The number of carbonyl (C=O) groups excluding carboxylic acids is 1. The molecule has 146 valence electrons. The zero-order valence-electron chi connectivity index (χ0n) is 16.2. The van der Waals surface area contributed by atoms with E-state index < -0.39 is 0 Å². The van der Waals surface area contributed by atoms with Gasteiger partial charge >= 0.3 is 5.97 Å². The van der Waals surface area contributed by atoms with Gasteiger partial charge in [0.15, 0.2) is 11.0 Å². The zero-order chi connectivity index (χ0) is 19.9. The fraction of sp³-hybridized carbons (Fsp3) is 0.286. The smallest absolute Gasteiger partial charge is 0.318 e. The maximum absolute atomic E-state index is 11.8. The fourth-order valence-electron chi connectivity index (χ4n) is 2.67. The molecule has 0 spiro atoms. The minimum absolute atomic E-state index is 0.290. The highest BCUT2D eigenvalue weighted by molar-refractivity contribution is 8.00. The summed E-state index contributed by atoms with van der Waals surface area (Å²) in [6.07, 6.45) is 0. The molecule has 7 heteroatoms. The first-order chi connectivity index (χ1) is 13.6. The molecule has 0 saturated carbocycles. The molecule has 1 heterocycles. The number of rotatable bonds is 8. The van der Waals surface area contributed by atoms with Gasteiger partial charge in [0.1, 0.15) is 17.6 Å². The average molecular weight is 398 g/mol. The predicted molar refractivity (Wildman–Crippen MR) is 108 cm³/mol. The number of para-hydroxylation sites is 1. The molecule has 0 amide bonds. The maximum atomic E-state index is 11.8. The van der Waals surface area contributed by atoms with E-state index in [1.165, 1.54) is 18.9 Å². The van der Waals surface area contributed by atoms with E-state index in [4.69, 9.17) is 9.47 Å². The van der Waals surface area contributed by atoms with Crippen LogP contribution in [0.15, 0.2) is 59.8 Å². The van der Waals surface area contributed by atoms with Gasteiger partial charge in [-0.1, -0.05) is 60.3 Å². The second-order valence-corrected chi connectivity index (χ2v) is 7.62. The maximum Gasteiger partial charge on any atom is 0.318 e. The van der Waals surface area contributed by atoms with Crippen molar-refractivity contribution in [2.75, 3.05) is 7.11 Å². The molecular formula is C21H23N3O3S. The molecule has 1 unspecified atom stereocenters. The number of aromatic nitrogens is 3. The minimum Gasteiger partial charge on any atom is -0.485 e. The summed E-state index contributed by atoms with van der Waals surface area (Å²) in [7, 11) is 1.38. The molecule has 0 bridgehead atoms. The van der Waals surface area contributed by atoms with Crippen molar-refractivity contribution in [2.45, 2.75) is 37.4 Å². The number of carbonyl (C=O) groups is 1. The number of ether oxygens (including phenoxy) is 2. The Morgan fingerprint density at radius 3 is 2.54 bits per heavy atom. The summed E-state index contributed by atoms with van der Waals surface area (Å²) in [6, 6.07) is 17.9. The van der Waals surface area contributed by atoms with Crippen molar-refractivity contribution in [2.24, 2.45) is 0 Å². The van der Waals surface area contributed by atoms with Crippen LogP contribution in [0.25, 0.3) is 0 Å². The molecule has 0 N–H and O–H groups in total. The second kappa shape index (κ2) is 9.41. The van der Waals surface area contributed by atoms with Crippen LogP contribution in [0.4, 0.5) is 0 Å². The third-order valence-electron chi connectivity index (χ3n) is 4.24. The summed E-state index contributed by atoms with van der Waals surface area (Å²) in [6.45, 7) is 4.68. The molecule has 3 rings (SSSR count). The van der Waals surface area contributed by atoms with E-state index in [1.807, 2.05) is 66.1 Å². The lowest BCUT2D eigenvalue weighted by Crippen LogP contribution is -2.16. The first kappa shape index (κ1) is 19.9. The van der Waals surface area contributed by atoms with Crippen LogP contribution in [-0.2, 0) is 22.7 Å². The first-order valence-corrected chi connectivity index (χ1v) is 9.85. The highest BCUT2D eigenvalue weighted by Crippen LogP contribution is 2.25. The van der Waals surface area contributed by atoms with Crippen molar-refractivity contribution in [3.63, 3.8) is 0 Å². The lowest BCUT2D eigenvalue weighted by Gasteiger charge is -2.13. The quantitative estimate of drug-likeness (QED) is 0.425. The van der Waals surface area contributed by atoms with Gasteiger partial charge in [-0.2, -0.15) is 0 Å². The molecule has 1 atom stereocenters. The summed E-state index contributed by atoms with van der Waals surface area (Å²) in [4.78, 5) is 11.8.